The van der Waals surface area contributed by atoms with Crippen molar-refractivity contribution in [1.82, 2.24) is 14.8 Å². The Kier molecular flexibility index (Phi) is 6.50. The van der Waals surface area contributed by atoms with Gasteiger partial charge in [0.05, 0.1) is 18.4 Å². The highest BCUT2D eigenvalue weighted by Gasteiger charge is 2.26. The molecule has 0 radical (unpaired) electrons. The van der Waals surface area contributed by atoms with Crippen LogP contribution in [0.15, 0.2) is 52.5 Å². The van der Waals surface area contributed by atoms with Gasteiger partial charge in [-0.25, -0.2) is 9.78 Å². The number of benzene rings is 1. The standard InChI is InChI=1S/C22H23N5O4S/c1-15-4-2-5-16(12-15)23-21(30)25-22-24-17(14-32-22)13-19(28)26-7-9-27(10-8-26)20(29)18-6-3-11-31-18/h2-6,11-12,14H,7-10,13H2,1H3,(H2,23,24,25,30). The SMILES string of the molecule is Cc1cccc(NC(=O)Nc2nc(CC(=O)N3CCN(C(=O)c4ccco4)CC3)cs2)c1. The molecule has 1 aliphatic rings. The fourth-order valence-corrected chi connectivity index (χ4v) is 4.11. The Morgan fingerprint density at radius 2 is 1.84 bits per heavy atom. The molecule has 9 nitrogen and oxygen atoms in total. The average molecular weight is 454 g/mol. The summed E-state index contributed by atoms with van der Waals surface area (Å²) in [6.07, 6.45) is 1.61. The van der Waals surface area contributed by atoms with E-state index in [1.807, 2.05) is 25.1 Å². The number of piperazine rings is 1. The number of carbonyl (C=O) groups is 3. The second kappa shape index (κ2) is 9.65. The maximum absolute atomic E-state index is 12.6. The van der Waals surface area contributed by atoms with Crippen molar-refractivity contribution in [3.8, 4) is 0 Å². The van der Waals surface area contributed by atoms with E-state index < -0.39 is 0 Å². The third-order valence-electron chi connectivity index (χ3n) is 5.03. The van der Waals surface area contributed by atoms with Gasteiger partial charge in [-0.2, -0.15) is 0 Å². The van der Waals surface area contributed by atoms with Gasteiger partial charge in [-0.1, -0.05) is 12.1 Å². The summed E-state index contributed by atoms with van der Waals surface area (Å²) in [4.78, 5) is 44.9. The Morgan fingerprint density at radius 1 is 1.06 bits per heavy atom. The van der Waals surface area contributed by atoms with E-state index in [1.54, 1.807) is 33.4 Å². The second-order valence-electron chi connectivity index (χ2n) is 7.42. The number of anilines is 2. The van der Waals surface area contributed by atoms with Crippen molar-refractivity contribution in [1.29, 1.82) is 0 Å². The van der Waals surface area contributed by atoms with E-state index in [0.29, 0.717) is 48.5 Å². The molecule has 10 heteroatoms. The molecule has 0 spiro atoms. The zero-order valence-electron chi connectivity index (χ0n) is 17.5. The summed E-state index contributed by atoms with van der Waals surface area (Å²) in [7, 11) is 0. The number of furan rings is 1. The quantitative estimate of drug-likeness (QED) is 0.617. The molecule has 4 rings (SSSR count). The van der Waals surface area contributed by atoms with Gasteiger partial charge < -0.3 is 19.5 Å². The number of nitrogens with zero attached hydrogens (tertiary/aromatic N) is 3. The number of aromatic nitrogens is 1. The van der Waals surface area contributed by atoms with E-state index in [0.717, 1.165) is 5.56 Å². The van der Waals surface area contributed by atoms with Crippen LogP contribution in [0.3, 0.4) is 0 Å². The fourth-order valence-electron chi connectivity index (χ4n) is 3.41. The predicted molar refractivity (Wildman–Crippen MR) is 121 cm³/mol. The number of thiazole rings is 1. The maximum Gasteiger partial charge on any atom is 0.325 e. The largest absolute Gasteiger partial charge is 0.459 e. The molecule has 3 heterocycles. The van der Waals surface area contributed by atoms with Gasteiger partial charge in [0.1, 0.15) is 0 Å². The lowest BCUT2D eigenvalue weighted by Gasteiger charge is -2.34. The summed E-state index contributed by atoms with van der Waals surface area (Å²) in [5.41, 5.74) is 2.34. The molecular weight excluding hydrogens is 430 g/mol. The lowest BCUT2D eigenvalue weighted by molar-refractivity contribution is -0.132. The number of urea groups is 1. The zero-order valence-corrected chi connectivity index (χ0v) is 18.4. The first-order chi connectivity index (χ1) is 15.5. The molecule has 4 amide bonds. The molecule has 0 saturated carbocycles. The summed E-state index contributed by atoms with van der Waals surface area (Å²) >= 11 is 1.27. The van der Waals surface area contributed by atoms with Crippen LogP contribution in [-0.2, 0) is 11.2 Å². The smallest absolute Gasteiger partial charge is 0.325 e. The van der Waals surface area contributed by atoms with Crippen molar-refractivity contribution in [2.75, 3.05) is 36.8 Å². The van der Waals surface area contributed by atoms with E-state index in [-0.39, 0.29) is 24.3 Å². The van der Waals surface area contributed by atoms with E-state index in [4.69, 9.17) is 4.42 Å². The van der Waals surface area contributed by atoms with Gasteiger partial charge in [-0.15, -0.1) is 11.3 Å². The van der Waals surface area contributed by atoms with Crippen molar-refractivity contribution in [3.05, 3.63) is 65.1 Å². The number of hydrogen-bond acceptors (Lipinski definition) is 6. The molecule has 0 aliphatic carbocycles. The van der Waals surface area contributed by atoms with E-state index >= 15 is 0 Å². The van der Waals surface area contributed by atoms with Crippen LogP contribution in [0.2, 0.25) is 0 Å². The van der Waals surface area contributed by atoms with Crippen LogP contribution in [0.1, 0.15) is 21.8 Å². The van der Waals surface area contributed by atoms with Gasteiger partial charge in [-0.3, -0.25) is 14.9 Å². The molecular formula is C22H23N5O4S. The van der Waals surface area contributed by atoms with E-state index in [2.05, 4.69) is 15.6 Å². The molecule has 0 unspecified atom stereocenters. The minimum absolute atomic E-state index is 0.0591. The van der Waals surface area contributed by atoms with Crippen LogP contribution in [0, 0.1) is 6.92 Å². The zero-order chi connectivity index (χ0) is 22.5. The Morgan fingerprint density at radius 3 is 2.56 bits per heavy atom. The number of nitrogens with one attached hydrogen (secondary N) is 2. The average Bonchev–Trinajstić information content (AvgIpc) is 3.46. The van der Waals surface area contributed by atoms with Crippen LogP contribution < -0.4 is 10.6 Å². The first-order valence-electron chi connectivity index (χ1n) is 10.2. The molecule has 1 aromatic carbocycles. The Hall–Kier alpha value is -3.66. The van der Waals surface area contributed by atoms with Crippen LogP contribution in [0.5, 0.6) is 0 Å². The van der Waals surface area contributed by atoms with E-state index in [1.165, 1.54) is 17.6 Å². The molecule has 2 aromatic heterocycles. The monoisotopic (exact) mass is 453 g/mol. The Bertz CT molecular complexity index is 1100. The molecule has 0 atom stereocenters. The number of amides is 4. The van der Waals surface area contributed by atoms with Gasteiger partial charge >= 0.3 is 6.03 Å². The molecule has 0 bridgehead atoms. The van der Waals surface area contributed by atoms with Crippen LogP contribution in [0.25, 0.3) is 0 Å². The van der Waals surface area contributed by atoms with Gasteiger partial charge in [-0.05, 0) is 36.8 Å². The summed E-state index contributed by atoms with van der Waals surface area (Å²) in [5, 5.41) is 7.64. The van der Waals surface area contributed by atoms with Crippen molar-refractivity contribution in [3.63, 3.8) is 0 Å². The lowest BCUT2D eigenvalue weighted by atomic mass is 10.2. The first-order valence-corrected chi connectivity index (χ1v) is 11.1. The normalized spacial score (nSPS) is 13.7. The Labute approximate surface area is 189 Å². The van der Waals surface area contributed by atoms with E-state index in [9.17, 15) is 14.4 Å². The summed E-state index contributed by atoms with van der Waals surface area (Å²) in [6.45, 7) is 3.77. The van der Waals surface area contributed by atoms with Crippen molar-refractivity contribution in [2.45, 2.75) is 13.3 Å². The third-order valence-corrected chi connectivity index (χ3v) is 5.84. The number of aryl methyl sites for hydroxylation is 1. The maximum atomic E-state index is 12.6. The Balaban J connectivity index is 1.25. The van der Waals surface area contributed by atoms with Crippen LogP contribution in [-0.4, -0.2) is 58.8 Å². The minimum Gasteiger partial charge on any atom is -0.459 e. The van der Waals surface area contributed by atoms with Crippen molar-refractivity contribution < 1.29 is 18.8 Å². The molecule has 1 aliphatic heterocycles. The highest BCUT2D eigenvalue weighted by atomic mass is 32.1. The van der Waals surface area contributed by atoms with Gasteiger partial charge in [0.25, 0.3) is 5.91 Å². The summed E-state index contributed by atoms with van der Waals surface area (Å²) < 4.78 is 5.16. The summed E-state index contributed by atoms with van der Waals surface area (Å²) in [6, 6.07) is 10.4. The van der Waals surface area contributed by atoms with Gasteiger partial charge in [0.15, 0.2) is 10.9 Å². The number of rotatable bonds is 5. The van der Waals surface area contributed by atoms with Gasteiger partial charge in [0.2, 0.25) is 5.91 Å². The topological polar surface area (TPSA) is 108 Å². The third kappa shape index (κ3) is 5.33. The predicted octanol–water partition coefficient (Wildman–Crippen LogP) is 3.22. The summed E-state index contributed by atoms with van der Waals surface area (Å²) in [5.74, 6) is 0.0798. The molecule has 1 saturated heterocycles. The first kappa shape index (κ1) is 21.6. The highest BCUT2D eigenvalue weighted by molar-refractivity contribution is 7.14. The van der Waals surface area contributed by atoms with Crippen molar-refractivity contribution in [2.24, 2.45) is 0 Å². The molecule has 32 heavy (non-hydrogen) atoms. The second-order valence-corrected chi connectivity index (χ2v) is 8.28. The fraction of sp³-hybridized carbons (Fsp3) is 0.273. The number of carbonyl (C=O) groups excluding carboxylic acids is 3. The van der Waals surface area contributed by atoms with Crippen LogP contribution >= 0.6 is 11.3 Å². The number of hydrogen-bond donors (Lipinski definition) is 2. The molecule has 2 N–H and O–H groups in total. The lowest BCUT2D eigenvalue weighted by Crippen LogP contribution is -2.50. The van der Waals surface area contributed by atoms with Crippen LogP contribution in [0.4, 0.5) is 15.6 Å². The minimum atomic E-state index is -0.389. The molecule has 166 valence electrons. The molecule has 1 fully saturated rings. The highest BCUT2D eigenvalue weighted by Crippen LogP contribution is 2.18. The molecule has 3 aromatic rings. The van der Waals surface area contributed by atoms with Crippen molar-refractivity contribution >= 4 is 40.0 Å². The van der Waals surface area contributed by atoms with Gasteiger partial charge in [0, 0.05) is 37.2 Å².